The van der Waals surface area contributed by atoms with E-state index < -0.39 is 5.91 Å². The minimum atomic E-state index is -0.428. The van der Waals surface area contributed by atoms with Gasteiger partial charge in [-0.15, -0.1) is 0 Å². The van der Waals surface area contributed by atoms with Crippen LogP contribution < -0.4 is 5.32 Å². The number of rotatable bonds is 6. The molecule has 1 amide bonds. The van der Waals surface area contributed by atoms with Gasteiger partial charge in [0, 0.05) is 18.1 Å². The summed E-state index contributed by atoms with van der Waals surface area (Å²) >= 11 is 0. The maximum Gasteiger partial charge on any atom is 0.306 e. The van der Waals surface area contributed by atoms with Gasteiger partial charge in [-0.2, -0.15) is 0 Å². The smallest absolute Gasteiger partial charge is 0.306 e. The summed E-state index contributed by atoms with van der Waals surface area (Å²) in [5.41, 5.74) is 2.70. The van der Waals surface area contributed by atoms with Crippen LogP contribution >= 0.6 is 0 Å². The molecule has 0 unspecified atom stereocenters. The maximum atomic E-state index is 12.0. The van der Waals surface area contributed by atoms with Crippen LogP contribution in [0.2, 0.25) is 0 Å². The Morgan fingerprint density at radius 1 is 1.22 bits per heavy atom. The quantitative estimate of drug-likeness (QED) is 0.781. The van der Waals surface area contributed by atoms with Gasteiger partial charge in [-0.1, -0.05) is 41.4 Å². The molecule has 2 fully saturated rings. The van der Waals surface area contributed by atoms with Crippen molar-refractivity contribution in [3.05, 3.63) is 35.9 Å². The van der Waals surface area contributed by atoms with Gasteiger partial charge in [-0.25, -0.2) is 0 Å². The Bertz CT molecular complexity index is 827. The molecule has 2 saturated carbocycles. The van der Waals surface area contributed by atoms with E-state index in [0.717, 1.165) is 23.5 Å². The molecule has 1 aromatic heterocycles. The molecule has 0 saturated heterocycles. The summed E-state index contributed by atoms with van der Waals surface area (Å²) in [6.07, 6.45) is 5.35. The fraction of sp³-hybridized carbons (Fsp3) is 0.476. The highest BCUT2D eigenvalue weighted by molar-refractivity contribution is 5.92. The predicted molar refractivity (Wildman–Crippen MR) is 99.8 cm³/mol. The molecule has 6 nitrogen and oxygen atoms in total. The molecule has 0 aliphatic heterocycles. The third-order valence-corrected chi connectivity index (χ3v) is 5.80. The maximum absolute atomic E-state index is 12.0. The average Bonchev–Trinajstić information content (AvgIpc) is 3.38. The Morgan fingerprint density at radius 3 is 2.74 bits per heavy atom. The number of hydrogen-bond donors (Lipinski definition) is 1. The van der Waals surface area contributed by atoms with E-state index in [-0.39, 0.29) is 18.5 Å². The summed E-state index contributed by atoms with van der Waals surface area (Å²) in [4.78, 5) is 24.0. The van der Waals surface area contributed by atoms with Crippen molar-refractivity contribution in [2.45, 2.75) is 39.0 Å². The van der Waals surface area contributed by atoms with E-state index in [9.17, 15) is 9.59 Å². The highest BCUT2D eigenvalue weighted by atomic mass is 16.5. The molecule has 1 heterocycles. The molecule has 0 spiro atoms. The molecule has 6 heteroatoms. The first kappa shape index (κ1) is 17.8. The van der Waals surface area contributed by atoms with Gasteiger partial charge in [0.15, 0.2) is 6.61 Å². The summed E-state index contributed by atoms with van der Waals surface area (Å²) in [6, 6.07) is 9.50. The van der Waals surface area contributed by atoms with Gasteiger partial charge in [-0.05, 0) is 43.9 Å². The lowest BCUT2D eigenvalue weighted by atomic mass is 9.86. The van der Waals surface area contributed by atoms with Crippen LogP contribution in [0.5, 0.6) is 0 Å². The van der Waals surface area contributed by atoms with Crippen LogP contribution in [-0.4, -0.2) is 23.6 Å². The number of aromatic nitrogens is 1. The summed E-state index contributed by atoms with van der Waals surface area (Å²) < 4.78 is 10.3. The monoisotopic (exact) mass is 368 g/mol. The van der Waals surface area contributed by atoms with E-state index in [1.54, 1.807) is 6.07 Å². The van der Waals surface area contributed by atoms with Crippen molar-refractivity contribution < 1.29 is 18.8 Å². The summed E-state index contributed by atoms with van der Waals surface area (Å²) in [6.45, 7) is 1.71. The highest BCUT2D eigenvalue weighted by Gasteiger charge is 2.40. The Balaban J connectivity index is 1.23. The summed E-state index contributed by atoms with van der Waals surface area (Å²) in [7, 11) is 0. The number of carbonyl (C=O) groups excluding carboxylic acids is 2. The number of anilines is 1. The van der Waals surface area contributed by atoms with Crippen molar-refractivity contribution in [1.82, 2.24) is 5.16 Å². The molecule has 0 radical (unpaired) electrons. The van der Waals surface area contributed by atoms with Crippen LogP contribution in [-0.2, 0) is 14.3 Å². The third kappa shape index (κ3) is 4.21. The van der Waals surface area contributed by atoms with Crippen molar-refractivity contribution in [2.75, 3.05) is 11.9 Å². The summed E-state index contributed by atoms with van der Waals surface area (Å²) in [5, 5.41) is 6.53. The molecule has 1 N–H and O–H groups in total. The zero-order valence-electron chi connectivity index (χ0n) is 15.4. The SMILES string of the molecule is Cc1ccc(-c2cc(NC(=O)COC(=O)C[C@H]3C[C@H]4CC[C@@H]3C4)on2)cc1. The zero-order valence-corrected chi connectivity index (χ0v) is 15.4. The standard InChI is InChI=1S/C21H24N2O4/c1-13-2-5-15(6-3-13)18-11-20(27-23-18)22-19(24)12-26-21(25)10-17-9-14-4-7-16(17)8-14/h2-3,5-6,11,14,16-17H,4,7-10,12H2,1H3,(H,22,24)/t14-,16+,17+/m0/s1. The van der Waals surface area contributed by atoms with Gasteiger partial charge >= 0.3 is 5.97 Å². The number of hydrogen-bond acceptors (Lipinski definition) is 5. The van der Waals surface area contributed by atoms with Gasteiger partial charge < -0.3 is 9.26 Å². The van der Waals surface area contributed by atoms with Crippen molar-refractivity contribution in [3.8, 4) is 11.3 Å². The van der Waals surface area contributed by atoms with E-state index in [0.29, 0.717) is 24.0 Å². The Hall–Kier alpha value is -2.63. The lowest BCUT2D eigenvalue weighted by Gasteiger charge is -2.20. The van der Waals surface area contributed by atoms with E-state index >= 15 is 0 Å². The largest absolute Gasteiger partial charge is 0.456 e. The number of aryl methyl sites for hydroxylation is 1. The van der Waals surface area contributed by atoms with E-state index in [1.165, 1.54) is 19.3 Å². The van der Waals surface area contributed by atoms with Crippen molar-refractivity contribution in [3.63, 3.8) is 0 Å². The Kier molecular flexibility index (Phi) is 4.97. The minimum absolute atomic E-state index is 0.236. The molecule has 142 valence electrons. The van der Waals surface area contributed by atoms with Gasteiger partial charge in [0.25, 0.3) is 5.91 Å². The van der Waals surface area contributed by atoms with Crippen LogP contribution in [0.4, 0.5) is 5.88 Å². The second-order valence-corrected chi connectivity index (χ2v) is 7.79. The van der Waals surface area contributed by atoms with E-state index in [4.69, 9.17) is 9.26 Å². The molecular weight excluding hydrogens is 344 g/mol. The van der Waals surface area contributed by atoms with Crippen molar-refractivity contribution >= 4 is 17.8 Å². The molecule has 2 aromatic rings. The van der Waals surface area contributed by atoms with Gasteiger partial charge in [0.05, 0.1) is 0 Å². The zero-order chi connectivity index (χ0) is 18.8. The van der Waals surface area contributed by atoms with Gasteiger partial charge in [0.1, 0.15) is 5.69 Å². The number of amides is 1. The number of carbonyl (C=O) groups is 2. The minimum Gasteiger partial charge on any atom is -0.456 e. The molecule has 2 aliphatic rings. The van der Waals surface area contributed by atoms with E-state index in [1.807, 2.05) is 31.2 Å². The van der Waals surface area contributed by atoms with E-state index in [2.05, 4.69) is 10.5 Å². The highest BCUT2D eigenvalue weighted by Crippen LogP contribution is 2.49. The number of nitrogens with zero attached hydrogens (tertiary/aromatic N) is 1. The number of benzene rings is 1. The van der Waals surface area contributed by atoms with Crippen LogP contribution in [0.1, 0.15) is 37.7 Å². The fourth-order valence-corrected chi connectivity index (χ4v) is 4.41. The molecule has 1 aromatic carbocycles. The molecule has 2 bridgehead atoms. The lowest BCUT2D eigenvalue weighted by molar-refractivity contribution is -0.148. The Morgan fingerprint density at radius 2 is 2.04 bits per heavy atom. The van der Waals surface area contributed by atoms with Crippen LogP contribution in [0.3, 0.4) is 0 Å². The molecule has 4 rings (SSSR count). The lowest BCUT2D eigenvalue weighted by Crippen LogP contribution is -2.23. The second kappa shape index (κ2) is 7.55. The van der Waals surface area contributed by atoms with Crippen LogP contribution in [0.25, 0.3) is 11.3 Å². The summed E-state index contributed by atoms with van der Waals surface area (Å²) in [5.74, 6) is 1.42. The average molecular weight is 368 g/mol. The van der Waals surface area contributed by atoms with Crippen LogP contribution in [0.15, 0.2) is 34.9 Å². The third-order valence-electron chi connectivity index (χ3n) is 5.80. The molecule has 2 aliphatic carbocycles. The predicted octanol–water partition coefficient (Wildman–Crippen LogP) is 3.96. The van der Waals surface area contributed by atoms with Crippen LogP contribution in [0, 0.1) is 24.7 Å². The van der Waals surface area contributed by atoms with Gasteiger partial charge in [-0.3, -0.25) is 14.9 Å². The first-order chi connectivity index (χ1) is 13.1. The molecule has 3 atom stereocenters. The fourth-order valence-electron chi connectivity index (χ4n) is 4.41. The number of esters is 1. The first-order valence-electron chi connectivity index (χ1n) is 9.56. The first-order valence-corrected chi connectivity index (χ1v) is 9.56. The number of fused-ring (bicyclic) bond motifs is 2. The number of nitrogens with one attached hydrogen (secondary N) is 1. The molecular formula is C21H24N2O4. The normalized spacial score (nSPS) is 23.4. The van der Waals surface area contributed by atoms with Crippen molar-refractivity contribution in [1.29, 1.82) is 0 Å². The second-order valence-electron chi connectivity index (χ2n) is 7.79. The topological polar surface area (TPSA) is 81.4 Å². The van der Waals surface area contributed by atoms with Crippen molar-refractivity contribution in [2.24, 2.45) is 17.8 Å². The molecule has 27 heavy (non-hydrogen) atoms. The van der Waals surface area contributed by atoms with Gasteiger partial charge in [0.2, 0.25) is 5.88 Å². The number of ether oxygens (including phenoxy) is 1. The Labute approximate surface area is 158 Å².